The second-order valence-corrected chi connectivity index (χ2v) is 2.11. The van der Waals surface area contributed by atoms with Crippen LogP contribution in [0.15, 0.2) is 6.33 Å². The molecule has 0 fully saturated rings. The van der Waals surface area contributed by atoms with Crippen molar-refractivity contribution in [1.29, 1.82) is 0 Å². The molecule has 0 aromatic carbocycles. The fourth-order valence-electron chi connectivity index (χ4n) is 0.461. The predicted molar refractivity (Wildman–Crippen MR) is 35.7 cm³/mol. The number of aromatic amines is 1. The van der Waals surface area contributed by atoms with Gasteiger partial charge in [0.05, 0.1) is 0 Å². The Bertz CT molecular complexity index is 222. The summed E-state index contributed by atoms with van der Waals surface area (Å²) in [5, 5.41) is 13.4. The van der Waals surface area contributed by atoms with E-state index in [1.165, 1.54) is 6.33 Å². The standard InChI is InChI=1S/C4H5N3O2S/c8-4(9)2(10)3-5-1-6-7-3/h1-2,10H,(H,8,9)(H,5,6,7). The van der Waals surface area contributed by atoms with Crippen molar-refractivity contribution < 1.29 is 9.90 Å². The van der Waals surface area contributed by atoms with Gasteiger partial charge in [0, 0.05) is 0 Å². The minimum absolute atomic E-state index is 0.177. The molecule has 54 valence electrons. The Balaban J connectivity index is 2.77. The van der Waals surface area contributed by atoms with Gasteiger partial charge in [0.2, 0.25) is 0 Å². The van der Waals surface area contributed by atoms with Crippen LogP contribution in [0, 0.1) is 0 Å². The van der Waals surface area contributed by atoms with Crippen molar-refractivity contribution in [2.24, 2.45) is 0 Å². The van der Waals surface area contributed by atoms with E-state index in [0.29, 0.717) is 0 Å². The quantitative estimate of drug-likeness (QED) is 0.525. The van der Waals surface area contributed by atoms with Crippen molar-refractivity contribution in [2.75, 3.05) is 0 Å². The van der Waals surface area contributed by atoms with Crippen LogP contribution in [0.25, 0.3) is 0 Å². The van der Waals surface area contributed by atoms with Crippen LogP contribution in [-0.2, 0) is 4.79 Å². The van der Waals surface area contributed by atoms with E-state index >= 15 is 0 Å². The van der Waals surface area contributed by atoms with Gasteiger partial charge in [-0.3, -0.25) is 9.89 Å². The summed E-state index contributed by atoms with van der Waals surface area (Å²) in [7, 11) is 0. The van der Waals surface area contributed by atoms with Gasteiger partial charge in [-0.25, -0.2) is 4.98 Å². The van der Waals surface area contributed by atoms with E-state index in [-0.39, 0.29) is 5.82 Å². The van der Waals surface area contributed by atoms with Crippen LogP contribution in [0.2, 0.25) is 0 Å². The Labute approximate surface area is 61.9 Å². The zero-order valence-electron chi connectivity index (χ0n) is 4.85. The molecule has 1 atom stereocenters. The summed E-state index contributed by atoms with van der Waals surface area (Å²) in [4.78, 5) is 13.8. The highest BCUT2D eigenvalue weighted by Crippen LogP contribution is 2.13. The maximum atomic E-state index is 10.2. The smallest absolute Gasteiger partial charge is 0.324 e. The highest BCUT2D eigenvalue weighted by atomic mass is 32.1. The van der Waals surface area contributed by atoms with Crippen LogP contribution in [0.3, 0.4) is 0 Å². The maximum absolute atomic E-state index is 10.2. The normalized spacial score (nSPS) is 12.9. The summed E-state index contributed by atoms with van der Waals surface area (Å²) >= 11 is 3.74. The van der Waals surface area contributed by atoms with Gasteiger partial charge in [-0.15, -0.1) is 0 Å². The van der Waals surface area contributed by atoms with Crippen molar-refractivity contribution >= 4 is 18.6 Å². The topological polar surface area (TPSA) is 78.9 Å². The predicted octanol–water partition coefficient (Wildman–Crippen LogP) is -0.140. The number of hydrogen-bond donors (Lipinski definition) is 3. The second-order valence-electron chi connectivity index (χ2n) is 1.60. The van der Waals surface area contributed by atoms with Crippen LogP contribution >= 0.6 is 12.6 Å². The number of thiol groups is 1. The minimum Gasteiger partial charge on any atom is -0.480 e. The van der Waals surface area contributed by atoms with Crippen LogP contribution in [0.1, 0.15) is 11.1 Å². The lowest BCUT2D eigenvalue weighted by atomic mass is 10.4. The average molecular weight is 159 g/mol. The summed E-state index contributed by atoms with van der Waals surface area (Å²) in [5.74, 6) is -0.876. The SMILES string of the molecule is O=C(O)C(S)c1nc[nH]n1. The van der Waals surface area contributed by atoms with Crippen molar-refractivity contribution in [2.45, 2.75) is 5.25 Å². The molecular weight excluding hydrogens is 154 g/mol. The number of hydrogen-bond acceptors (Lipinski definition) is 4. The molecule has 5 nitrogen and oxygen atoms in total. The van der Waals surface area contributed by atoms with E-state index in [4.69, 9.17) is 5.11 Å². The van der Waals surface area contributed by atoms with Gasteiger partial charge in [0.25, 0.3) is 0 Å². The van der Waals surface area contributed by atoms with Crippen molar-refractivity contribution in [3.05, 3.63) is 12.2 Å². The molecule has 0 bridgehead atoms. The molecule has 0 spiro atoms. The van der Waals surface area contributed by atoms with Gasteiger partial charge in [0.15, 0.2) is 11.1 Å². The molecule has 1 rings (SSSR count). The molecule has 0 aliphatic heterocycles. The molecule has 0 saturated carbocycles. The zero-order valence-corrected chi connectivity index (χ0v) is 5.75. The Morgan fingerprint density at radius 1 is 1.90 bits per heavy atom. The van der Waals surface area contributed by atoms with E-state index in [2.05, 4.69) is 27.8 Å². The fraction of sp³-hybridized carbons (Fsp3) is 0.250. The van der Waals surface area contributed by atoms with Crippen LogP contribution < -0.4 is 0 Å². The molecule has 0 aliphatic rings. The summed E-state index contributed by atoms with van der Waals surface area (Å²) in [5.41, 5.74) is 0. The van der Waals surface area contributed by atoms with E-state index < -0.39 is 11.2 Å². The molecule has 1 aromatic rings. The van der Waals surface area contributed by atoms with Gasteiger partial charge in [-0.1, -0.05) is 0 Å². The molecule has 0 amide bonds. The first-order valence-corrected chi connectivity index (χ1v) is 3.00. The molecule has 0 radical (unpaired) electrons. The number of nitrogens with one attached hydrogen (secondary N) is 1. The van der Waals surface area contributed by atoms with Gasteiger partial charge in [-0.2, -0.15) is 17.7 Å². The fourth-order valence-corrected chi connectivity index (χ4v) is 0.585. The van der Waals surface area contributed by atoms with E-state index in [0.717, 1.165) is 0 Å². The molecule has 1 aromatic heterocycles. The number of nitrogens with zero attached hydrogens (tertiary/aromatic N) is 2. The third-order valence-electron chi connectivity index (χ3n) is 0.912. The minimum atomic E-state index is -1.05. The molecule has 0 aliphatic carbocycles. The summed E-state index contributed by atoms with van der Waals surface area (Å²) in [6.07, 6.45) is 1.31. The number of carbonyl (C=O) groups is 1. The molecule has 0 saturated heterocycles. The summed E-state index contributed by atoms with van der Waals surface area (Å²) < 4.78 is 0. The number of carboxylic acids is 1. The number of carboxylic acid groups (broad SMARTS) is 1. The van der Waals surface area contributed by atoms with Crippen LogP contribution in [0.5, 0.6) is 0 Å². The largest absolute Gasteiger partial charge is 0.480 e. The van der Waals surface area contributed by atoms with Crippen LogP contribution in [-0.4, -0.2) is 26.3 Å². The Kier molecular flexibility index (Phi) is 1.91. The highest BCUT2D eigenvalue weighted by Gasteiger charge is 2.17. The van der Waals surface area contributed by atoms with Crippen molar-refractivity contribution in [3.63, 3.8) is 0 Å². The molecule has 10 heavy (non-hydrogen) atoms. The highest BCUT2D eigenvalue weighted by molar-refractivity contribution is 7.81. The number of aliphatic carboxylic acids is 1. The van der Waals surface area contributed by atoms with Gasteiger partial charge < -0.3 is 5.11 Å². The first-order valence-electron chi connectivity index (χ1n) is 2.48. The Morgan fingerprint density at radius 3 is 3.00 bits per heavy atom. The lowest BCUT2D eigenvalue weighted by molar-refractivity contribution is -0.136. The van der Waals surface area contributed by atoms with E-state index in [9.17, 15) is 4.79 Å². The van der Waals surface area contributed by atoms with Gasteiger partial charge in [0.1, 0.15) is 6.33 Å². The van der Waals surface area contributed by atoms with Crippen molar-refractivity contribution in [1.82, 2.24) is 15.2 Å². The molecule has 2 N–H and O–H groups in total. The lowest BCUT2D eigenvalue weighted by Crippen LogP contribution is -2.06. The first-order chi connectivity index (χ1) is 4.72. The van der Waals surface area contributed by atoms with Gasteiger partial charge in [-0.05, 0) is 0 Å². The summed E-state index contributed by atoms with van der Waals surface area (Å²) in [6, 6.07) is 0. The Morgan fingerprint density at radius 2 is 2.60 bits per heavy atom. The first kappa shape index (κ1) is 7.07. The maximum Gasteiger partial charge on any atom is 0.324 e. The number of H-pyrrole nitrogens is 1. The van der Waals surface area contributed by atoms with Crippen molar-refractivity contribution in [3.8, 4) is 0 Å². The Hall–Kier alpha value is -1.04. The lowest BCUT2D eigenvalue weighted by Gasteiger charge is -1.96. The van der Waals surface area contributed by atoms with E-state index in [1.54, 1.807) is 0 Å². The third-order valence-corrected chi connectivity index (χ3v) is 1.36. The number of rotatable bonds is 2. The molecule has 6 heteroatoms. The third kappa shape index (κ3) is 1.27. The van der Waals surface area contributed by atoms with Crippen LogP contribution in [0.4, 0.5) is 0 Å². The number of aromatic nitrogens is 3. The summed E-state index contributed by atoms with van der Waals surface area (Å²) in [6.45, 7) is 0. The van der Waals surface area contributed by atoms with E-state index in [1.807, 2.05) is 0 Å². The van der Waals surface area contributed by atoms with Gasteiger partial charge >= 0.3 is 5.97 Å². The second kappa shape index (κ2) is 2.70. The molecular formula is C4H5N3O2S. The zero-order chi connectivity index (χ0) is 7.56. The molecule has 1 heterocycles. The molecule has 1 unspecified atom stereocenters. The average Bonchev–Trinajstić information content (AvgIpc) is 2.36. The monoisotopic (exact) mass is 159 g/mol.